The predicted octanol–water partition coefficient (Wildman–Crippen LogP) is 2.73. The van der Waals surface area contributed by atoms with Crippen LogP contribution in [0.2, 0.25) is 0 Å². The molecule has 0 saturated heterocycles. The van der Waals surface area contributed by atoms with Crippen LogP contribution in [0.3, 0.4) is 0 Å². The molecule has 1 rings (SSSR count). The fourth-order valence-corrected chi connectivity index (χ4v) is 2.50. The van der Waals surface area contributed by atoms with Crippen molar-refractivity contribution in [3.05, 3.63) is 39.9 Å². The van der Waals surface area contributed by atoms with Gasteiger partial charge in [0.15, 0.2) is 0 Å². The van der Waals surface area contributed by atoms with Gasteiger partial charge >= 0.3 is 0 Å². The lowest BCUT2D eigenvalue weighted by Gasteiger charge is -2.11. The van der Waals surface area contributed by atoms with Gasteiger partial charge in [-0.1, -0.05) is 25.1 Å². The summed E-state index contributed by atoms with van der Waals surface area (Å²) in [5.41, 5.74) is 1.02. The Morgan fingerprint density at radius 2 is 2.17 bits per heavy atom. The van der Waals surface area contributed by atoms with Crippen molar-refractivity contribution < 1.29 is 4.92 Å². The Morgan fingerprint density at radius 3 is 2.83 bits per heavy atom. The molecule has 0 saturated carbocycles. The fourth-order valence-electron chi connectivity index (χ4n) is 1.82. The molecular weight excluding hydrogens is 248 g/mol. The molecule has 1 unspecified atom stereocenters. The molecule has 0 radical (unpaired) electrons. The van der Waals surface area contributed by atoms with Crippen molar-refractivity contribution in [2.75, 3.05) is 25.1 Å². The van der Waals surface area contributed by atoms with E-state index in [4.69, 9.17) is 0 Å². The Bertz CT molecular complexity index is 385. The lowest BCUT2D eigenvalue weighted by Crippen LogP contribution is -2.24. The SMILES string of the molecule is CSCC(C)CNCCc1ccccc1[N+](=O)[O-]. The second-order valence-corrected chi connectivity index (χ2v) is 5.31. The second-order valence-electron chi connectivity index (χ2n) is 4.40. The van der Waals surface area contributed by atoms with Crippen LogP contribution in [0.15, 0.2) is 24.3 Å². The van der Waals surface area contributed by atoms with Crippen LogP contribution in [0.1, 0.15) is 12.5 Å². The van der Waals surface area contributed by atoms with E-state index in [1.807, 2.05) is 23.9 Å². The summed E-state index contributed by atoms with van der Waals surface area (Å²) in [5, 5.41) is 14.2. The molecule has 1 aromatic carbocycles. The Hall–Kier alpha value is -1.07. The largest absolute Gasteiger partial charge is 0.316 e. The number of hydrogen-bond acceptors (Lipinski definition) is 4. The summed E-state index contributed by atoms with van der Waals surface area (Å²) in [4.78, 5) is 10.5. The van der Waals surface area contributed by atoms with Crippen LogP contribution in [0, 0.1) is 16.0 Å². The Labute approximate surface area is 112 Å². The zero-order chi connectivity index (χ0) is 13.4. The minimum absolute atomic E-state index is 0.219. The number of rotatable bonds is 8. The maximum absolute atomic E-state index is 10.8. The van der Waals surface area contributed by atoms with Gasteiger partial charge in [-0.25, -0.2) is 0 Å². The molecule has 0 amide bonds. The number of para-hydroxylation sites is 1. The highest BCUT2D eigenvalue weighted by Gasteiger charge is 2.11. The molecular formula is C13H20N2O2S. The maximum Gasteiger partial charge on any atom is 0.272 e. The molecule has 0 heterocycles. The van der Waals surface area contributed by atoms with E-state index < -0.39 is 0 Å². The third-order valence-corrected chi connectivity index (χ3v) is 3.61. The highest BCUT2D eigenvalue weighted by atomic mass is 32.2. The first-order chi connectivity index (χ1) is 8.65. The quantitative estimate of drug-likeness (QED) is 0.447. The molecule has 1 atom stereocenters. The van der Waals surface area contributed by atoms with Crippen LogP contribution in [-0.2, 0) is 6.42 Å². The number of thioether (sulfide) groups is 1. The highest BCUT2D eigenvalue weighted by Crippen LogP contribution is 2.17. The van der Waals surface area contributed by atoms with Gasteiger partial charge in [0.25, 0.3) is 5.69 Å². The van der Waals surface area contributed by atoms with E-state index in [1.165, 1.54) is 0 Å². The highest BCUT2D eigenvalue weighted by molar-refractivity contribution is 7.98. The van der Waals surface area contributed by atoms with E-state index >= 15 is 0 Å². The molecule has 0 bridgehead atoms. The zero-order valence-corrected chi connectivity index (χ0v) is 11.7. The van der Waals surface area contributed by atoms with Gasteiger partial charge in [0, 0.05) is 11.6 Å². The third-order valence-electron chi connectivity index (χ3n) is 2.70. The maximum atomic E-state index is 10.8. The Morgan fingerprint density at radius 1 is 1.44 bits per heavy atom. The van der Waals surface area contributed by atoms with E-state index in [0.29, 0.717) is 12.3 Å². The molecule has 0 aliphatic heterocycles. The number of benzene rings is 1. The van der Waals surface area contributed by atoms with Crippen LogP contribution >= 0.6 is 11.8 Å². The topological polar surface area (TPSA) is 55.2 Å². The minimum Gasteiger partial charge on any atom is -0.316 e. The van der Waals surface area contributed by atoms with E-state index in [0.717, 1.165) is 24.4 Å². The van der Waals surface area contributed by atoms with E-state index in [1.54, 1.807) is 12.1 Å². The first-order valence-electron chi connectivity index (χ1n) is 6.07. The van der Waals surface area contributed by atoms with Crippen LogP contribution in [-0.4, -0.2) is 30.0 Å². The average molecular weight is 268 g/mol. The van der Waals surface area contributed by atoms with Gasteiger partial charge < -0.3 is 5.32 Å². The first-order valence-corrected chi connectivity index (χ1v) is 7.46. The molecule has 5 heteroatoms. The summed E-state index contributed by atoms with van der Waals surface area (Å²) >= 11 is 1.84. The third kappa shape index (κ3) is 5.06. The molecule has 4 nitrogen and oxygen atoms in total. The zero-order valence-electron chi connectivity index (χ0n) is 10.9. The monoisotopic (exact) mass is 268 g/mol. The van der Waals surface area contributed by atoms with Crippen molar-refractivity contribution in [3.63, 3.8) is 0 Å². The standard InChI is InChI=1S/C13H20N2O2S/c1-11(10-18-2)9-14-8-7-12-5-3-4-6-13(12)15(16)17/h3-6,11,14H,7-10H2,1-2H3. The number of nitro groups is 1. The fraction of sp³-hybridized carbons (Fsp3) is 0.538. The number of nitrogens with one attached hydrogen (secondary N) is 1. The molecule has 0 aromatic heterocycles. The molecule has 0 fully saturated rings. The molecule has 1 N–H and O–H groups in total. The van der Waals surface area contributed by atoms with Gasteiger partial charge in [0.1, 0.15) is 0 Å². The van der Waals surface area contributed by atoms with Gasteiger partial charge in [-0.3, -0.25) is 10.1 Å². The number of hydrogen-bond donors (Lipinski definition) is 1. The smallest absolute Gasteiger partial charge is 0.272 e. The van der Waals surface area contributed by atoms with Crippen LogP contribution in [0.4, 0.5) is 5.69 Å². The van der Waals surface area contributed by atoms with Crippen LogP contribution in [0.5, 0.6) is 0 Å². The summed E-state index contributed by atoms with van der Waals surface area (Å²) in [6.07, 6.45) is 2.80. The summed E-state index contributed by atoms with van der Waals surface area (Å²) in [6, 6.07) is 6.94. The Balaban J connectivity index is 2.37. The molecule has 0 spiro atoms. The van der Waals surface area contributed by atoms with E-state index in [9.17, 15) is 10.1 Å². The van der Waals surface area contributed by atoms with Crippen molar-refractivity contribution >= 4 is 17.4 Å². The van der Waals surface area contributed by atoms with Crippen LogP contribution < -0.4 is 5.32 Å². The molecule has 18 heavy (non-hydrogen) atoms. The van der Waals surface area contributed by atoms with Gasteiger partial charge in [0.2, 0.25) is 0 Å². The molecule has 0 aliphatic rings. The van der Waals surface area contributed by atoms with Crippen molar-refractivity contribution in [3.8, 4) is 0 Å². The average Bonchev–Trinajstić information content (AvgIpc) is 2.35. The van der Waals surface area contributed by atoms with Crippen molar-refractivity contribution in [1.82, 2.24) is 5.32 Å². The summed E-state index contributed by atoms with van der Waals surface area (Å²) in [5.74, 6) is 1.77. The Kier molecular flexibility index (Phi) is 6.75. The van der Waals surface area contributed by atoms with Gasteiger partial charge in [0.05, 0.1) is 4.92 Å². The van der Waals surface area contributed by atoms with Gasteiger partial charge in [-0.15, -0.1) is 0 Å². The van der Waals surface area contributed by atoms with Crippen molar-refractivity contribution in [2.24, 2.45) is 5.92 Å². The summed E-state index contributed by atoms with van der Waals surface area (Å²) < 4.78 is 0. The predicted molar refractivity (Wildman–Crippen MR) is 77.2 cm³/mol. The van der Waals surface area contributed by atoms with Crippen LogP contribution in [0.25, 0.3) is 0 Å². The van der Waals surface area contributed by atoms with Gasteiger partial charge in [-0.2, -0.15) is 11.8 Å². The summed E-state index contributed by atoms with van der Waals surface area (Å²) in [7, 11) is 0. The van der Waals surface area contributed by atoms with Gasteiger partial charge in [-0.05, 0) is 37.4 Å². The molecule has 1 aromatic rings. The van der Waals surface area contributed by atoms with E-state index in [2.05, 4.69) is 18.5 Å². The molecule has 0 aliphatic carbocycles. The van der Waals surface area contributed by atoms with E-state index in [-0.39, 0.29) is 10.6 Å². The van der Waals surface area contributed by atoms with Crippen molar-refractivity contribution in [1.29, 1.82) is 0 Å². The molecule has 100 valence electrons. The summed E-state index contributed by atoms with van der Waals surface area (Å²) in [6.45, 7) is 3.94. The second kappa shape index (κ2) is 8.11. The lowest BCUT2D eigenvalue weighted by atomic mass is 10.1. The lowest BCUT2D eigenvalue weighted by molar-refractivity contribution is -0.385. The first kappa shape index (κ1) is 15.0. The normalized spacial score (nSPS) is 12.3. The number of nitrogens with zero attached hydrogens (tertiary/aromatic N) is 1. The van der Waals surface area contributed by atoms with Crippen molar-refractivity contribution in [2.45, 2.75) is 13.3 Å². The number of nitro benzene ring substituents is 1. The minimum atomic E-state index is -0.314.